The van der Waals surface area contributed by atoms with Crippen LogP contribution in [0, 0.1) is 5.41 Å². The van der Waals surface area contributed by atoms with Crippen molar-refractivity contribution in [2.24, 2.45) is 5.41 Å². The molecule has 4 rings (SSSR count). The van der Waals surface area contributed by atoms with Crippen LogP contribution in [-0.2, 0) is 19.6 Å². The van der Waals surface area contributed by atoms with Crippen molar-refractivity contribution in [2.45, 2.75) is 42.7 Å². The van der Waals surface area contributed by atoms with E-state index in [0.717, 1.165) is 4.90 Å². The summed E-state index contributed by atoms with van der Waals surface area (Å²) in [6.07, 6.45) is -5.93. The molecule has 1 amide bonds. The summed E-state index contributed by atoms with van der Waals surface area (Å²) >= 11 is 0.318. The van der Waals surface area contributed by atoms with Crippen molar-refractivity contribution in [2.75, 3.05) is 17.7 Å². The number of anilines is 2. The van der Waals surface area contributed by atoms with E-state index < -0.39 is 48.8 Å². The average Bonchev–Trinajstić information content (AvgIpc) is 3.27. The molecular weight excluding hydrogens is 511 g/mol. The minimum absolute atomic E-state index is 0.0132. The molecule has 1 aliphatic heterocycles. The maximum Gasteiger partial charge on any atom is 0.421 e. The normalized spacial score (nSPS) is 22.5. The van der Waals surface area contributed by atoms with E-state index in [2.05, 4.69) is 10.2 Å². The minimum Gasteiger partial charge on any atom is -0.497 e. The van der Waals surface area contributed by atoms with Crippen molar-refractivity contribution in [1.29, 1.82) is 0 Å². The van der Waals surface area contributed by atoms with E-state index in [9.17, 15) is 31.2 Å². The summed E-state index contributed by atoms with van der Waals surface area (Å²) in [5, 5.41) is 6.31. The molecule has 3 N–H and O–H groups in total. The number of Topliss-reactive ketones (excluding diaryl/α,β-unsaturated/α-hetero) is 1. The Bertz CT molecular complexity index is 1350. The fraction of sp³-hybridized carbons (Fsp3) is 0.400. The van der Waals surface area contributed by atoms with Crippen molar-refractivity contribution in [3.05, 3.63) is 35.5 Å². The number of hydrogen-bond acceptors (Lipinski definition) is 9. The fourth-order valence-electron chi connectivity index (χ4n) is 4.30. The molecular formula is C20H20F3N5O5S2. The predicted octanol–water partition coefficient (Wildman–Crippen LogP) is 2.40. The molecule has 15 heteroatoms. The van der Waals surface area contributed by atoms with Gasteiger partial charge >= 0.3 is 6.18 Å². The van der Waals surface area contributed by atoms with E-state index in [1.165, 1.54) is 36.1 Å². The van der Waals surface area contributed by atoms with Crippen LogP contribution in [0.1, 0.15) is 26.7 Å². The molecule has 35 heavy (non-hydrogen) atoms. The van der Waals surface area contributed by atoms with Crippen molar-refractivity contribution in [3.63, 3.8) is 0 Å². The lowest BCUT2D eigenvalue weighted by Crippen LogP contribution is -2.66. The summed E-state index contributed by atoms with van der Waals surface area (Å²) in [5.41, 5.74) is -0.421. The number of alkyl halides is 3. The van der Waals surface area contributed by atoms with Crippen LogP contribution in [0.3, 0.4) is 0 Å². The zero-order valence-electron chi connectivity index (χ0n) is 18.6. The quantitative estimate of drug-likeness (QED) is 0.599. The second-order valence-electron chi connectivity index (χ2n) is 8.86. The van der Waals surface area contributed by atoms with Crippen LogP contribution < -0.4 is 20.1 Å². The van der Waals surface area contributed by atoms with Gasteiger partial charge < -0.3 is 10.5 Å². The standard InChI is InChI=1S/C20H20F3N5O5S2/c1-18(2)8-12-14(13(29)9-18)19(20(21,22)23,27-35(31,32)17-26-25-16(24)34-17)15(30)28(12)10-4-6-11(33-3)7-5-10/h4-7,27H,8-9H2,1-3H3,(H2,24,25). The number of ether oxygens (including phenoxy) is 1. The molecule has 2 aromatic rings. The van der Waals surface area contributed by atoms with E-state index in [4.69, 9.17) is 10.5 Å². The molecule has 1 atom stereocenters. The van der Waals surface area contributed by atoms with Gasteiger partial charge in [0.05, 0.1) is 12.7 Å². The lowest BCUT2D eigenvalue weighted by Gasteiger charge is -2.35. The predicted molar refractivity (Wildman–Crippen MR) is 119 cm³/mol. The third-order valence-electron chi connectivity index (χ3n) is 5.72. The van der Waals surface area contributed by atoms with Gasteiger partial charge in [-0.2, -0.15) is 17.9 Å². The van der Waals surface area contributed by atoms with Gasteiger partial charge in [-0.15, -0.1) is 10.2 Å². The molecule has 10 nitrogen and oxygen atoms in total. The summed E-state index contributed by atoms with van der Waals surface area (Å²) in [6, 6.07) is 5.56. The number of carbonyl (C=O) groups excluding carboxylic acids is 2. The number of nitrogen functional groups attached to an aromatic ring is 1. The first-order chi connectivity index (χ1) is 16.1. The summed E-state index contributed by atoms with van der Waals surface area (Å²) in [5.74, 6) is -2.28. The Kier molecular flexibility index (Phi) is 5.72. The van der Waals surface area contributed by atoms with Gasteiger partial charge in [-0.1, -0.05) is 25.2 Å². The van der Waals surface area contributed by atoms with E-state index in [1.54, 1.807) is 13.8 Å². The van der Waals surface area contributed by atoms with Crippen LogP contribution in [0.15, 0.2) is 39.9 Å². The molecule has 0 spiro atoms. The van der Waals surface area contributed by atoms with Gasteiger partial charge in [-0.3, -0.25) is 14.5 Å². The maximum absolute atomic E-state index is 14.8. The molecule has 0 radical (unpaired) electrons. The van der Waals surface area contributed by atoms with Crippen LogP contribution in [0.5, 0.6) is 5.75 Å². The molecule has 0 fully saturated rings. The van der Waals surface area contributed by atoms with Crippen molar-refractivity contribution >= 4 is 43.9 Å². The number of hydrogen-bond donors (Lipinski definition) is 2. The van der Waals surface area contributed by atoms with E-state index in [-0.39, 0.29) is 29.4 Å². The number of carbonyl (C=O) groups is 2. The Morgan fingerprint density at radius 3 is 2.29 bits per heavy atom. The highest BCUT2D eigenvalue weighted by Gasteiger charge is 2.72. The van der Waals surface area contributed by atoms with Crippen molar-refractivity contribution in [3.8, 4) is 5.75 Å². The summed E-state index contributed by atoms with van der Waals surface area (Å²) in [6.45, 7) is 3.35. The number of ketones is 1. The minimum atomic E-state index is -5.52. The number of aromatic nitrogens is 2. The number of methoxy groups -OCH3 is 1. The first kappa shape index (κ1) is 25.1. The molecule has 0 bridgehead atoms. The number of nitrogens with zero attached hydrogens (tertiary/aromatic N) is 3. The van der Waals surface area contributed by atoms with E-state index in [1.807, 2.05) is 0 Å². The Balaban J connectivity index is 1.97. The third-order valence-corrected chi connectivity index (χ3v) is 8.29. The van der Waals surface area contributed by atoms with Gasteiger partial charge in [-0.25, -0.2) is 8.42 Å². The second-order valence-corrected chi connectivity index (χ2v) is 11.7. The molecule has 1 aromatic heterocycles. The second kappa shape index (κ2) is 7.99. The Morgan fingerprint density at radius 1 is 1.14 bits per heavy atom. The van der Waals surface area contributed by atoms with Gasteiger partial charge in [-0.05, 0) is 36.1 Å². The Labute approximate surface area is 202 Å². The SMILES string of the molecule is COc1ccc(N2C(=O)C(NS(=O)(=O)c3nnc(N)s3)(C(F)(F)F)C3=C2CC(C)(C)CC3=O)cc1. The number of nitrogens with one attached hydrogen (secondary N) is 1. The van der Waals surface area contributed by atoms with Crippen LogP contribution in [0.25, 0.3) is 0 Å². The van der Waals surface area contributed by atoms with Crippen LogP contribution >= 0.6 is 11.3 Å². The average molecular weight is 532 g/mol. The highest BCUT2D eigenvalue weighted by Crippen LogP contribution is 2.53. The van der Waals surface area contributed by atoms with Gasteiger partial charge in [0, 0.05) is 17.8 Å². The lowest BCUT2D eigenvalue weighted by atomic mass is 9.72. The number of amides is 1. The topological polar surface area (TPSA) is 145 Å². The van der Waals surface area contributed by atoms with Gasteiger partial charge in [0.2, 0.25) is 15.0 Å². The molecule has 2 aliphatic rings. The number of allylic oxidation sites excluding steroid dienone is 1. The fourth-order valence-corrected chi connectivity index (χ4v) is 6.40. The van der Waals surface area contributed by atoms with E-state index >= 15 is 0 Å². The largest absolute Gasteiger partial charge is 0.497 e. The van der Waals surface area contributed by atoms with Gasteiger partial charge in [0.1, 0.15) is 5.75 Å². The molecule has 1 unspecified atom stereocenters. The number of benzene rings is 1. The zero-order valence-corrected chi connectivity index (χ0v) is 20.3. The summed E-state index contributed by atoms with van der Waals surface area (Å²) < 4.78 is 76.0. The van der Waals surface area contributed by atoms with Crippen LogP contribution in [0.4, 0.5) is 24.0 Å². The number of sulfonamides is 1. The highest BCUT2D eigenvalue weighted by molar-refractivity contribution is 7.91. The molecule has 0 saturated heterocycles. The highest BCUT2D eigenvalue weighted by atomic mass is 32.2. The van der Waals surface area contributed by atoms with Crippen LogP contribution in [-0.4, -0.2) is 49.1 Å². The monoisotopic (exact) mass is 531 g/mol. The molecule has 188 valence electrons. The Hall–Kier alpha value is -3.04. The molecule has 1 aliphatic carbocycles. The zero-order chi connectivity index (χ0) is 26.0. The third kappa shape index (κ3) is 3.96. The lowest BCUT2D eigenvalue weighted by molar-refractivity contribution is -0.184. The van der Waals surface area contributed by atoms with Crippen molar-refractivity contribution < 1.29 is 35.9 Å². The first-order valence-electron chi connectivity index (χ1n) is 10.1. The number of nitrogens with two attached hydrogens (primary N) is 1. The number of rotatable bonds is 5. The maximum atomic E-state index is 14.8. The molecule has 0 saturated carbocycles. The number of halogens is 3. The first-order valence-corrected chi connectivity index (χ1v) is 12.4. The Morgan fingerprint density at radius 2 is 1.77 bits per heavy atom. The van der Waals surface area contributed by atoms with E-state index in [0.29, 0.717) is 17.1 Å². The van der Waals surface area contributed by atoms with Gasteiger partial charge in [0.25, 0.3) is 15.9 Å². The van der Waals surface area contributed by atoms with Gasteiger partial charge in [0.15, 0.2) is 5.78 Å². The summed E-state index contributed by atoms with van der Waals surface area (Å²) in [7, 11) is -3.68. The summed E-state index contributed by atoms with van der Waals surface area (Å²) in [4.78, 5) is 27.6. The molecule has 1 aromatic carbocycles. The smallest absolute Gasteiger partial charge is 0.421 e. The van der Waals surface area contributed by atoms with Crippen molar-refractivity contribution in [1.82, 2.24) is 14.9 Å². The molecule has 2 heterocycles. The van der Waals surface area contributed by atoms with Crippen LogP contribution in [0.2, 0.25) is 0 Å².